The summed E-state index contributed by atoms with van der Waals surface area (Å²) >= 11 is 0. The number of carbonyl (C=O) groups is 1. The van der Waals surface area contributed by atoms with Gasteiger partial charge in [0.1, 0.15) is 17.1 Å². The Kier molecular flexibility index (Phi) is 5.68. The number of carbonyl (C=O) groups excluding carboxylic acids is 1. The zero-order valence-corrected chi connectivity index (χ0v) is 16.5. The highest BCUT2D eigenvalue weighted by atomic mass is 16.5. The third kappa shape index (κ3) is 3.71. The molecule has 1 amide bonds. The van der Waals surface area contributed by atoms with E-state index in [9.17, 15) is 9.59 Å². The lowest BCUT2D eigenvalue weighted by Gasteiger charge is -2.18. The van der Waals surface area contributed by atoms with Crippen LogP contribution in [0.15, 0.2) is 53.5 Å². The summed E-state index contributed by atoms with van der Waals surface area (Å²) in [6, 6.07) is 12.5. The molecule has 0 radical (unpaired) electrons. The van der Waals surface area contributed by atoms with E-state index in [2.05, 4.69) is 5.32 Å². The van der Waals surface area contributed by atoms with Gasteiger partial charge in [-0.1, -0.05) is 18.2 Å². The highest BCUT2D eigenvalue weighted by molar-refractivity contribution is 5.97. The fourth-order valence-electron chi connectivity index (χ4n) is 3.27. The minimum absolute atomic E-state index is 0.0883. The highest BCUT2D eigenvalue weighted by Crippen LogP contribution is 2.24. The standard InChI is InChI=1S/C22H24N2O4/c1-5-28-15-10-11-19-17(12-15)21(25)18(13-24(19)3)22(26)23-14(2)16-8-6-7-9-20(16)27-4/h6-14H,5H2,1-4H3,(H,23,26). The van der Waals surface area contributed by atoms with E-state index in [1.54, 1.807) is 23.9 Å². The molecule has 0 aliphatic heterocycles. The Morgan fingerprint density at radius 3 is 2.68 bits per heavy atom. The molecule has 28 heavy (non-hydrogen) atoms. The van der Waals surface area contributed by atoms with Gasteiger partial charge in [0, 0.05) is 18.8 Å². The first-order chi connectivity index (χ1) is 13.5. The number of aryl methyl sites for hydroxylation is 1. The Balaban J connectivity index is 1.97. The summed E-state index contributed by atoms with van der Waals surface area (Å²) in [5, 5.41) is 3.35. The molecule has 6 heteroatoms. The summed E-state index contributed by atoms with van der Waals surface area (Å²) < 4.78 is 12.6. The number of methoxy groups -OCH3 is 1. The van der Waals surface area contributed by atoms with E-state index >= 15 is 0 Å². The molecule has 0 spiro atoms. The SMILES string of the molecule is CCOc1ccc2c(c1)c(=O)c(C(=O)NC(C)c1ccccc1OC)cn2C. The molecule has 146 valence electrons. The zero-order chi connectivity index (χ0) is 20.3. The molecule has 0 saturated carbocycles. The third-order valence-electron chi connectivity index (χ3n) is 4.67. The van der Waals surface area contributed by atoms with Crippen LogP contribution in [-0.2, 0) is 7.05 Å². The first-order valence-electron chi connectivity index (χ1n) is 9.16. The second-order valence-electron chi connectivity index (χ2n) is 6.53. The van der Waals surface area contributed by atoms with Gasteiger partial charge in [0.25, 0.3) is 5.91 Å². The number of fused-ring (bicyclic) bond motifs is 1. The lowest BCUT2D eigenvalue weighted by molar-refractivity contribution is 0.0938. The molecule has 1 unspecified atom stereocenters. The molecule has 3 rings (SSSR count). The summed E-state index contributed by atoms with van der Waals surface area (Å²) in [6.07, 6.45) is 1.56. The van der Waals surface area contributed by atoms with Crippen molar-refractivity contribution in [2.75, 3.05) is 13.7 Å². The van der Waals surface area contributed by atoms with Crippen LogP contribution < -0.4 is 20.2 Å². The van der Waals surface area contributed by atoms with Gasteiger partial charge in [-0.25, -0.2) is 0 Å². The first-order valence-corrected chi connectivity index (χ1v) is 9.16. The number of benzene rings is 2. The Morgan fingerprint density at radius 2 is 1.96 bits per heavy atom. The fourth-order valence-corrected chi connectivity index (χ4v) is 3.27. The van der Waals surface area contributed by atoms with E-state index in [1.807, 2.05) is 57.3 Å². The van der Waals surface area contributed by atoms with Crippen molar-refractivity contribution in [1.29, 1.82) is 0 Å². The smallest absolute Gasteiger partial charge is 0.257 e. The van der Waals surface area contributed by atoms with E-state index in [0.29, 0.717) is 23.5 Å². The van der Waals surface area contributed by atoms with Crippen LogP contribution in [0.2, 0.25) is 0 Å². The van der Waals surface area contributed by atoms with E-state index in [1.165, 1.54) is 0 Å². The Labute approximate surface area is 163 Å². The third-order valence-corrected chi connectivity index (χ3v) is 4.67. The molecule has 1 N–H and O–H groups in total. The van der Waals surface area contributed by atoms with Gasteiger partial charge in [-0.3, -0.25) is 9.59 Å². The minimum Gasteiger partial charge on any atom is -0.496 e. The van der Waals surface area contributed by atoms with Crippen molar-refractivity contribution in [3.8, 4) is 11.5 Å². The van der Waals surface area contributed by atoms with E-state index in [-0.39, 0.29) is 17.0 Å². The molecule has 0 fully saturated rings. The molecule has 0 saturated heterocycles. The number of nitrogens with zero attached hydrogens (tertiary/aromatic N) is 1. The van der Waals surface area contributed by atoms with Crippen molar-refractivity contribution in [3.63, 3.8) is 0 Å². The van der Waals surface area contributed by atoms with Gasteiger partial charge in [0.05, 0.1) is 30.7 Å². The lowest BCUT2D eigenvalue weighted by atomic mass is 10.1. The summed E-state index contributed by atoms with van der Waals surface area (Å²) in [5.41, 5.74) is 1.35. The number of hydrogen-bond acceptors (Lipinski definition) is 4. The van der Waals surface area contributed by atoms with Crippen LogP contribution in [0, 0.1) is 0 Å². The van der Waals surface area contributed by atoms with Crippen LogP contribution in [0.5, 0.6) is 11.5 Å². The van der Waals surface area contributed by atoms with Crippen LogP contribution in [0.1, 0.15) is 35.8 Å². The Bertz CT molecular complexity index is 1070. The zero-order valence-electron chi connectivity index (χ0n) is 16.5. The molecule has 6 nitrogen and oxygen atoms in total. The number of pyridine rings is 1. The number of rotatable bonds is 6. The molecule has 1 heterocycles. The maximum absolute atomic E-state index is 13.0. The van der Waals surface area contributed by atoms with Crippen molar-refractivity contribution in [2.45, 2.75) is 19.9 Å². The fraction of sp³-hybridized carbons (Fsp3) is 0.273. The molecule has 2 aromatic carbocycles. The predicted octanol–water partition coefficient (Wildman–Crippen LogP) is 3.44. The number of ether oxygens (including phenoxy) is 2. The van der Waals surface area contributed by atoms with Crippen molar-refractivity contribution in [3.05, 3.63) is 70.0 Å². The van der Waals surface area contributed by atoms with Crippen LogP contribution in [0.3, 0.4) is 0 Å². The van der Waals surface area contributed by atoms with Gasteiger partial charge in [-0.15, -0.1) is 0 Å². The maximum Gasteiger partial charge on any atom is 0.257 e. The van der Waals surface area contributed by atoms with Crippen LogP contribution in [0.4, 0.5) is 0 Å². The first kappa shape index (κ1) is 19.5. The van der Waals surface area contributed by atoms with E-state index in [0.717, 1.165) is 11.1 Å². The second-order valence-corrected chi connectivity index (χ2v) is 6.53. The van der Waals surface area contributed by atoms with Crippen molar-refractivity contribution < 1.29 is 14.3 Å². The summed E-state index contributed by atoms with van der Waals surface area (Å²) in [5.74, 6) is 0.859. The number of aromatic nitrogens is 1. The summed E-state index contributed by atoms with van der Waals surface area (Å²) in [7, 11) is 3.39. The highest BCUT2D eigenvalue weighted by Gasteiger charge is 2.19. The van der Waals surface area contributed by atoms with Gasteiger partial charge in [-0.2, -0.15) is 0 Å². The molecule has 1 atom stereocenters. The van der Waals surface area contributed by atoms with Gasteiger partial charge in [0.15, 0.2) is 0 Å². The Hall–Kier alpha value is -3.28. The molecule has 0 aliphatic carbocycles. The van der Waals surface area contributed by atoms with Gasteiger partial charge < -0.3 is 19.4 Å². The topological polar surface area (TPSA) is 69.6 Å². The average molecular weight is 380 g/mol. The predicted molar refractivity (Wildman–Crippen MR) is 109 cm³/mol. The molecule has 1 aromatic heterocycles. The van der Waals surface area contributed by atoms with Crippen LogP contribution >= 0.6 is 0 Å². The average Bonchev–Trinajstić information content (AvgIpc) is 2.70. The van der Waals surface area contributed by atoms with Crippen LogP contribution in [-0.4, -0.2) is 24.2 Å². The van der Waals surface area contributed by atoms with Crippen LogP contribution in [0.25, 0.3) is 10.9 Å². The monoisotopic (exact) mass is 380 g/mol. The number of hydrogen-bond donors (Lipinski definition) is 1. The number of nitrogens with one attached hydrogen (secondary N) is 1. The molecule has 0 bridgehead atoms. The van der Waals surface area contributed by atoms with E-state index in [4.69, 9.17) is 9.47 Å². The van der Waals surface area contributed by atoms with E-state index < -0.39 is 5.91 Å². The quantitative estimate of drug-likeness (QED) is 0.711. The molecular formula is C22H24N2O4. The van der Waals surface area contributed by atoms with Gasteiger partial charge >= 0.3 is 0 Å². The second kappa shape index (κ2) is 8.17. The normalized spacial score (nSPS) is 11.9. The van der Waals surface area contributed by atoms with Crippen molar-refractivity contribution in [2.24, 2.45) is 7.05 Å². The maximum atomic E-state index is 13.0. The molecule has 3 aromatic rings. The molecule has 0 aliphatic rings. The summed E-state index contributed by atoms with van der Waals surface area (Å²) in [6.45, 7) is 4.24. The number of para-hydroxylation sites is 1. The van der Waals surface area contributed by atoms with Gasteiger partial charge in [-0.05, 0) is 38.1 Å². The Morgan fingerprint density at radius 1 is 1.21 bits per heavy atom. The van der Waals surface area contributed by atoms with Crippen molar-refractivity contribution >= 4 is 16.8 Å². The summed E-state index contributed by atoms with van der Waals surface area (Å²) in [4.78, 5) is 25.8. The number of amides is 1. The van der Waals surface area contributed by atoms with Gasteiger partial charge in [0.2, 0.25) is 5.43 Å². The largest absolute Gasteiger partial charge is 0.496 e. The lowest BCUT2D eigenvalue weighted by Crippen LogP contribution is -2.31. The minimum atomic E-state index is -0.428. The van der Waals surface area contributed by atoms with Crippen molar-refractivity contribution in [1.82, 2.24) is 9.88 Å². The molecular weight excluding hydrogens is 356 g/mol.